The summed E-state index contributed by atoms with van der Waals surface area (Å²) in [6, 6.07) is 7.43. The first-order valence-corrected chi connectivity index (χ1v) is 9.50. The molecule has 6 nitrogen and oxygen atoms in total. The van der Waals surface area contributed by atoms with Gasteiger partial charge in [-0.15, -0.1) is 11.3 Å². The lowest BCUT2D eigenvalue weighted by atomic mass is 10.0. The highest BCUT2D eigenvalue weighted by Crippen LogP contribution is 2.38. The Kier molecular flexibility index (Phi) is 6.16. The number of nitrogens with zero attached hydrogens (tertiary/aromatic N) is 1. The van der Waals surface area contributed by atoms with Gasteiger partial charge in [-0.05, 0) is 35.2 Å². The van der Waals surface area contributed by atoms with Crippen molar-refractivity contribution >= 4 is 29.2 Å². The van der Waals surface area contributed by atoms with E-state index in [1.54, 1.807) is 29.5 Å². The van der Waals surface area contributed by atoms with Gasteiger partial charge in [-0.3, -0.25) is 14.5 Å². The zero-order valence-electron chi connectivity index (χ0n) is 15.9. The van der Waals surface area contributed by atoms with E-state index in [0.717, 1.165) is 4.88 Å². The fourth-order valence-corrected chi connectivity index (χ4v) is 3.78. The summed E-state index contributed by atoms with van der Waals surface area (Å²) in [5, 5.41) is 1.98. The summed E-state index contributed by atoms with van der Waals surface area (Å²) in [6.45, 7) is 0.328. The number of amides is 2. The lowest BCUT2D eigenvalue weighted by Gasteiger charge is -2.25. The maximum absolute atomic E-state index is 12.6. The molecule has 0 aliphatic carbocycles. The van der Waals surface area contributed by atoms with Crippen LogP contribution in [0.15, 0.2) is 47.9 Å². The van der Waals surface area contributed by atoms with Gasteiger partial charge >= 0.3 is 0 Å². The molecule has 1 unspecified atom stereocenters. The molecule has 0 fully saturated rings. The largest absolute Gasteiger partial charge is 0.493 e. The van der Waals surface area contributed by atoms with Crippen LogP contribution >= 0.6 is 11.3 Å². The Morgan fingerprint density at radius 3 is 2.46 bits per heavy atom. The van der Waals surface area contributed by atoms with Crippen molar-refractivity contribution in [2.75, 3.05) is 27.9 Å². The molecule has 0 radical (unpaired) electrons. The molecule has 2 aromatic rings. The number of methoxy groups -OCH3 is 3. The molecule has 0 saturated heterocycles. The number of carbonyl (C=O) groups is 2. The van der Waals surface area contributed by atoms with E-state index in [9.17, 15) is 9.59 Å². The van der Waals surface area contributed by atoms with Crippen LogP contribution in [-0.4, -0.2) is 44.6 Å². The second kappa shape index (κ2) is 8.75. The fraction of sp³-hybridized carbons (Fsp3) is 0.238. The van der Waals surface area contributed by atoms with E-state index >= 15 is 0 Å². The first-order valence-electron chi connectivity index (χ1n) is 8.62. The van der Waals surface area contributed by atoms with Gasteiger partial charge in [-0.25, -0.2) is 0 Å². The number of thiophene rings is 1. The zero-order valence-corrected chi connectivity index (χ0v) is 16.7. The van der Waals surface area contributed by atoms with Crippen molar-refractivity contribution in [2.45, 2.75) is 5.92 Å². The van der Waals surface area contributed by atoms with Crippen LogP contribution in [0.3, 0.4) is 0 Å². The van der Waals surface area contributed by atoms with Gasteiger partial charge in [0.25, 0.3) is 11.8 Å². The number of ether oxygens (including phenoxy) is 3. The van der Waals surface area contributed by atoms with Crippen LogP contribution in [0.4, 0.5) is 0 Å². The van der Waals surface area contributed by atoms with Crippen LogP contribution in [0.5, 0.6) is 17.2 Å². The van der Waals surface area contributed by atoms with Gasteiger partial charge in [-0.2, -0.15) is 0 Å². The van der Waals surface area contributed by atoms with Gasteiger partial charge < -0.3 is 14.2 Å². The van der Waals surface area contributed by atoms with Gasteiger partial charge in [0.05, 0.1) is 21.3 Å². The minimum absolute atomic E-state index is 0.0243. The van der Waals surface area contributed by atoms with Crippen molar-refractivity contribution in [1.29, 1.82) is 0 Å². The van der Waals surface area contributed by atoms with E-state index in [1.807, 2.05) is 23.6 Å². The Bertz CT molecular complexity index is 892. The Morgan fingerprint density at radius 1 is 1.18 bits per heavy atom. The average molecular weight is 399 g/mol. The number of benzene rings is 1. The van der Waals surface area contributed by atoms with Gasteiger partial charge in [0.15, 0.2) is 11.5 Å². The molecule has 1 aliphatic rings. The summed E-state index contributed by atoms with van der Waals surface area (Å²) in [7, 11) is 4.58. The van der Waals surface area contributed by atoms with Gasteiger partial charge in [0.1, 0.15) is 0 Å². The third-order valence-corrected chi connectivity index (χ3v) is 5.40. The minimum atomic E-state index is -0.371. The third kappa shape index (κ3) is 4.09. The predicted molar refractivity (Wildman–Crippen MR) is 108 cm³/mol. The van der Waals surface area contributed by atoms with Crippen molar-refractivity contribution < 1.29 is 23.8 Å². The molecule has 28 heavy (non-hydrogen) atoms. The minimum Gasteiger partial charge on any atom is -0.493 e. The van der Waals surface area contributed by atoms with Crippen molar-refractivity contribution in [1.82, 2.24) is 4.90 Å². The molecule has 7 heteroatoms. The summed E-state index contributed by atoms with van der Waals surface area (Å²) >= 11 is 1.61. The maximum atomic E-state index is 12.6. The lowest BCUT2D eigenvalue weighted by Crippen LogP contribution is -2.39. The molecule has 0 N–H and O–H groups in total. The molecule has 1 aromatic carbocycles. The van der Waals surface area contributed by atoms with Crippen molar-refractivity contribution in [3.63, 3.8) is 0 Å². The topological polar surface area (TPSA) is 65.1 Å². The SMILES string of the molecule is COc1cc(/C=C/C(=O)N2CC(c3cccs3)C=CC2=O)cc(OC)c1OC. The highest BCUT2D eigenvalue weighted by Gasteiger charge is 2.26. The number of imide groups is 1. The second-order valence-corrected chi connectivity index (χ2v) is 7.04. The molecule has 3 rings (SSSR count). The van der Waals surface area contributed by atoms with Gasteiger partial charge in [-0.1, -0.05) is 12.1 Å². The van der Waals surface area contributed by atoms with E-state index in [0.29, 0.717) is 29.4 Å². The summed E-state index contributed by atoms with van der Waals surface area (Å²) < 4.78 is 15.9. The van der Waals surface area contributed by atoms with Crippen LogP contribution in [0, 0.1) is 0 Å². The number of hydrogen-bond donors (Lipinski definition) is 0. The molecule has 0 spiro atoms. The molecule has 1 atom stereocenters. The molecule has 2 heterocycles. The molecular weight excluding hydrogens is 378 g/mol. The molecule has 0 bridgehead atoms. The van der Waals surface area contributed by atoms with E-state index < -0.39 is 0 Å². The normalized spacial score (nSPS) is 16.5. The summed E-state index contributed by atoms with van der Waals surface area (Å²) in [5.41, 5.74) is 0.692. The monoisotopic (exact) mass is 399 g/mol. The highest BCUT2D eigenvalue weighted by molar-refractivity contribution is 7.10. The molecular formula is C21H21NO5S. The van der Waals surface area contributed by atoms with Crippen molar-refractivity contribution in [3.8, 4) is 17.2 Å². The Balaban J connectivity index is 1.79. The number of hydrogen-bond acceptors (Lipinski definition) is 6. The Labute approximate surface area is 167 Å². The zero-order chi connectivity index (χ0) is 20.1. The first-order chi connectivity index (χ1) is 13.6. The van der Waals surface area contributed by atoms with Crippen LogP contribution in [-0.2, 0) is 9.59 Å². The second-order valence-electron chi connectivity index (χ2n) is 6.06. The average Bonchev–Trinajstić information content (AvgIpc) is 3.26. The van der Waals surface area contributed by atoms with E-state index in [2.05, 4.69) is 0 Å². The van der Waals surface area contributed by atoms with Crippen LogP contribution < -0.4 is 14.2 Å². The summed E-state index contributed by atoms with van der Waals surface area (Å²) in [5.74, 6) is 0.796. The smallest absolute Gasteiger partial charge is 0.253 e. The molecule has 1 aliphatic heterocycles. The van der Waals surface area contributed by atoms with E-state index in [1.165, 1.54) is 38.4 Å². The maximum Gasteiger partial charge on any atom is 0.253 e. The third-order valence-electron chi connectivity index (χ3n) is 4.40. The molecule has 146 valence electrons. The van der Waals surface area contributed by atoms with E-state index in [-0.39, 0.29) is 17.7 Å². The predicted octanol–water partition coefficient (Wildman–Crippen LogP) is 3.50. The highest BCUT2D eigenvalue weighted by atomic mass is 32.1. The molecule has 0 saturated carbocycles. The number of carbonyl (C=O) groups excluding carboxylic acids is 2. The fourth-order valence-electron chi connectivity index (χ4n) is 2.98. The Hall–Kier alpha value is -3.06. The summed E-state index contributed by atoms with van der Waals surface area (Å²) in [6.07, 6.45) is 6.31. The van der Waals surface area contributed by atoms with E-state index in [4.69, 9.17) is 14.2 Å². The lowest BCUT2D eigenvalue weighted by molar-refractivity contribution is -0.139. The van der Waals surface area contributed by atoms with Crippen molar-refractivity contribution in [3.05, 3.63) is 58.3 Å². The quantitative estimate of drug-likeness (QED) is 0.696. The van der Waals surface area contributed by atoms with Crippen LogP contribution in [0.1, 0.15) is 16.4 Å². The van der Waals surface area contributed by atoms with Crippen molar-refractivity contribution in [2.24, 2.45) is 0 Å². The molecule has 2 amide bonds. The van der Waals surface area contributed by atoms with Crippen LogP contribution in [0.25, 0.3) is 6.08 Å². The summed E-state index contributed by atoms with van der Waals surface area (Å²) in [4.78, 5) is 27.2. The molecule has 1 aromatic heterocycles. The Morgan fingerprint density at radius 2 is 1.89 bits per heavy atom. The standard InChI is InChI=1S/C21H21NO5S/c1-25-16-11-14(12-17(26-2)21(16)27-3)6-8-19(23)22-13-15(7-9-20(22)24)18-5-4-10-28-18/h4-12,15H,13H2,1-3H3/b8-6+. The van der Waals surface area contributed by atoms with Gasteiger partial charge in [0, 0.05) is 29.5 Å². The first kappa shape index (κ1) is 19.7. The van der Waals surface area contributed by atoms with Gasteiger partial charge in [0.2, 0.25) is 5.75 Å². The van der Waals surface area contributed by atoms with Crippen LogP contribution in [0.2, 0.25) is 0 Å². The number of rotatable bonds is 6.